The van der Waals surface area contributed by atoms with Gasteiger partial charge >= 0.3 is 0 Å². The number of halogens is 1. The normalized spacial score (nSPS) is 20.7. The third kappa shape index (κ3) is 2.99. The number of rotatable bonds is 3. The molecule has 0 heterocycles. The molecule has 0 aromatic carbocycles. The van der Waals surface area contributed by atoms with Crippen molar-refractivity contribution in [3.63, 3.8) is 0 Å². The lowest BCUT2D eigenvalue weighted by atomic mass is 10.0. The van der Waals surface area contributed by atoms with E-state index in [-0.39, 0.29) is 10.7 Å². The van der Waals surface area contributed by atoms with Gasteiger partial charge in [-0.1, -0.05) is 29.8 Å². The van der Waals surface area contributed by atoms with E-state index in [2.05, 4.69) is 15.9 Å². The van der Waals surface area contributed by atoms with Gasteiger partial charge in [-0.05, 0) is 12.8 Å². The minimum absolute atomic E-state index is 0.180. The molecule has 0 bridgehead atoms. The van der Waals surface area contributed by atoms with Gasteiger partial charge in [-0.3, -0.25) is 0 Å². The molecule has 0 radical (unpaired) electrons. The molecule has 0 aliphatic carbocycles. The van der Waals surface area contributed by atoms with Gasteiger partial charge in [0.15, 0.2) is 0 Å². The highest BCUT2D eigenvalue weighted by Gasteiger charge is 2.23. The van der Waals surface area contributed by atoms with Gasteiger partial charge in [0.1, 0.15) is 0 Å². The summed E-state index contributed by atoms with van der Waals surface area (Å²) < 4.78 is 0. The van der Waals surface area contributed by atoms with Crippen molar-refractivity contribution < 1.29 is 10.2 Å². The van der Waals surface area contributed by atoms with Crippen LogP contribution in [0.5, 0.6) is 0 Å². The van der Waals surface area contributed by atoms with Gasteiger partial charge in [0.2, 0.25) is 0 Å². The molecule has 3 unspecified atom stereocenters. The molecule has 0 aromatic heterocycles. The van der Waals surface area contributed by atoms with E-state index >= 15 is 0 Å². The highest BCUT2D eigenvalue weighted by atomic mass is 79.9. The fraction of sp³-hybridized carbons (Fsp3) is 1.00. The summed E-state index contributed by atoms with van der Waals surface area (Å²) in [5.74, 6) is 0.180. The van der Waals surface area contributed by atoms with E-state index in [1.807, 2.05) is 13.8 Å². The second-order valence-electron chi connectivity index (χ2n) is 2.92. The molecule has 3 atom stereocenters. The highest BCUT2D eigenvalue weighted by molar-refractivity contribution is 9.09. The Kier molecular flexibility index (Phi) is 4.49. The van der Waals surface area contributed by atoms with Crippen molar-refractivity contribution in [3.8, 4) is 0 Å². The molecule has 0 fully saturated rings. The molecule has 2 N–H and O–H groups in total. The Balaban J connectivity index is 3.81. The summed E-state index contributed by atoms with van der Waals surface area (Å²) in [5, 5.41) is 18.4. The zero-order valence-electron chi connectivity index (χ0n) is 6.58. The van der Waals surface area contributed by atoms with E-state index < -0.39 is 12.2 Å². The summed E-state index contributed by atoms with van der Waals surface area (Å²) >= 11 is 3.21. The van der Waals surface area contributed by atoms with Crippen molar-refractivity contribution in [1.29, 1.82) is 0 Å². The number of aliphatic hydroxyl groups excluding tert-OH is 2. The van der Waals surface area contributed by atoms with Crippen LogP contribution < -0.4 is 0 Å². The van der Waals surface area contributed by atoms with Crippen LogP contribution in [0.3, 0.4) is 0 Å². The average molecular weight is 211 g/mol. The second-order valence-corrected chi connectivity index (χ2v) is 3.98. The van der Waals surface area contributed by atoms with Crippen molar-refractivity contribution in [2.75, 3.05) is 0 Å². The van der Waals surface area contributed by atoms with Crippen LogP contribution in [0, 0.1) is 5.92 Å². The molecule has 0 saturated heterocycles. The zero-order valence-corrected chi connectivity index (χ0v) is 8.17. The van der Waals surface area contributed by atoms with Crippen LogP contribution in [0.15, 0.2) is 0 Å². The fourth-order valence-corrected chi connectivity index (χ4v) is 1.26. The third-order valence-corrected chi connectivity index (χ3v) is 2.78. The van der Waals surface area contributed by atoms with Crippen LogP contribution in [0.2, 0.25) is 0 Å². The summed E-state index contributed by atoms with van der Waals surface area (Å²) in [6, 6.07) is 0. The lowest BCUT2D eigenvalue weighted by Crippen LogP contribution is -2.34. The van der Waals surface area contributed by atoms with E-state index in [1.54, 1.807) is 6.92 Å². The number of hydrogen-bond acceptors (Lipinski definition) is 2. The maximum Gasteiger partial charge on any atom is 0.0713 e. The predicted molar refractivity (Wildman–Crippen MR) is 45.2 cm³/mol. The van der Waals surface area contributed by atoms with Gasteiger partial charge in [-0.25, -0.2) is 0 Å². The summed E-state index contributed by atoms with van der Waals surface area (Å²) in [6.07, 6.45) is -0.975. The molecule has 0 aliphatic rings. The van der Waals surface area contributed by atoms with Crippen LogP contribution >= 0.6 is 15.9 Å². The van der Waals surface area contributed by atoms with Gasteiger partial charge in [-0.15, -0.1) is 0 Å². The fourth-order valence-electron chi connectivity index (χ4n) is 0.653. The maximum atomic E-state index is 9.36. The Labute approximate surface area is 70.4 Å². The molecule has 0 saturated carbocycles. The Bertz CT molecular complexity index is 81.6. The SMILES string of the molecule is CC(C)C(O)C(Br)C(C)O. The first kappa shape index (κ1) is 10.4. The molecule has 0 spiro atoms. The third-order valence-electron chi connectivity index (χ3n) is 1.47. The number of hydrogen-bond donors (Lipinski definition) is 2. The van der Waals surface area contributed by atoms with Crippen molar-refractivity contribution in [3.05, 3.63) is 0 Å². The minimum atomic E-state index is -0.502. The number of alkyl halides is 1. The van der Waals surface area contributed by atoms with Crippen LogP contribution in [0.25, 0.3) is 0 Å². The van der Waals surface area contributed by atoms with Crippen molar-refractivity contribution in [2.45, 2.75) is 37.8 Å². The average Bonchev–Trinajstić information content (AvgIpc) is 1.84. The van der Waals surface area contributed by atoms with E-state index in [0.717, 1.165) is 0 Å². The predicted octanol–water partition coefficient (Wildman–Crippen LogP) is 1.15. The van der Waals surface area contributed by atoms with Crippen molar-refractivity contribution in [1.82, 2.24) is 0 Å². The Hall–Kier alpha value is 0.400. The summed E-state index contributed by atoms with van der Waals surface area (Å²) in [4.78, 5) is -0.215. The lowest BCUT2D eigenvalue weighted by Gasteiger charge is -2.22. The maximum absolute atomic E-state index is 9.36. The summed E-state index contributed by atoms with van der Waals surface area (Å²) in [6.45, 7) is 5.49. The molecule has 62 valence electrons. The quantitative estimate of drug-likeness (QED) is 0.687. The number of aliphatic hydroxyl groups is 2. The first-order valence-electron chi connectivity index (χ1n) is 3.47. The van der Waals surface area contributed by atoms with Crippen LogP contribution in [0.1, 0.15) is 20.8 Å². The van der Waals surface area contributed by atoms with Crippen molar-refractivity contribution in [2.24, 2.45) is 5.92 Å². The molecular weight excluding hydrogens is 196 g/mol. The molecule has 0 amide bonds. The van der Waals surface area contributed by atoms with Gasteiger partial charge < -0.3 is 10.2 Å². The van der Waals surface area contributed by atoms with E-state index in [4.69, 9.17) is 5.11 Å². The molecule has 0 aromatic rings. The van der Waals surface area contributed by atoms with Gasteiger partial charge in [0.05, 0.1) is 17.0 Å². The van der Waals surface area contributed by atoms with Gasteiger partial charge in [-0.2, -0.15) is 0 Å². The lowest BCUT2D eigenvalue weighted by molar-refractivity contribution is 0.0717. The first-order chi connectivity index (χ1) is 4.46. The molecule has 10 heavy (non-hydrogen) atoms. The smallest absolute Gasteiger partial charge is 0.0713 e. The van der Waals surface area contributed by atoms with Crippen LogP contribution in [-0.4, -0.2) is 27.2 Å². The highest BCUT2D eigenvalue weighted by Crippen LogP contribution is 2.16. The zero-order chi connectivity index (χ0) is 8.31. The Morgan fingerprint density at radius 2 is 1.50 bits per heavy atom. The summed E-state index contributed by atoms with van der Waals surface area (Å²) in [5.41, 5.74) is 0. The largest absolute Gasteiger partial charge is 0.392 e. The molecule has 2 nitrogen and oxygen atoms in total. The summed E-state index contributed by atoms with van der Waals surface area (Å²) in [7, 11) is 0. The second kappa shape index (κ2) is 4.31. The van der Waals surface area contributed by atoms with Crippen LogP contribution in [0.4, 0.5) is 0 Å². The van der Waals surface area contributed by atoms with E-state index in [1.165, 1.54) is 0 Å². The molecular formula is C7H15BrO2. The van der Waals surface area contributed by atoms with Crippen LogP contribution in [-0.2, 0) is 0 Å². The Morgan fingerprint density at radius 1 is 1.10 bits per heavy atom. The standard InChI is InChI=1S/C7H15BrO2/c1-4(2)7(10)6(8)5(3)9/h4-7,9-10H,1-3H3. The Morgan fingerprint density at radius 3 is 1.60 bits per heavy atom. The van der Waals surface area contributed by atoms with Gasteiger partial charge in [0, 0.05) is 0 Å². The van der Waals surface area contributed by atoms with Crippen molar-refractivity contribution >= 4 is 15.9 Å². The topological polar surface area (TPSA) is 40.5 Å². The molecule has 3 heteroatoms. The molecule has 0 rings (SSSR count). The minimum Gasteiger partial charge on any atom is -0.392 e. The first-order valence-corrected chi connectivity index (χ1v) is 4.38. The molecule has 0 aliphatic heterocycles. The van der Waals surface area contributed by atoms with Gasteiger partial charge in [0.25, 0.3) is 0 Å². The monoisotopic (exact) mass is 210 g/mol. The van der Waals surface area contributed by atoms with E-state index in [0.29, 0.717) is 0 Å². The van der Waals surface area contributed by atoms with E-state index in [9.17, 15) is 5.11 Å².